The quantitative estimate of drug-likeness (QED) is 0.403. The molecular weight excluding hydrogens is 352 g/mol. The van der Waals surface area contributed by atoms with Gasteiger partial charge in [-0.15, -0.1) is 0 Å². The third-order valence-electron chi connectivity index (χ3n) is 4.27. The van der Waals surface area contributed by atoms with Gasteiger partial charge >= 0.3 is 5.97 Å². The average Bonchev–Trinajstić information content (AvgIpc) is 3.17. The van der Waals surface area contributed by atoms with Crippen molar-refractivity contribution in [2.75, 3.05) is 26.6 Å². The van der Waals surface area contributed by atoms with Crippen LogP contribution in [0, 0.1) is 0 Å². The monoisotopic (exact) mass is 376 g/mol. The Bertz CT molecular complexity index is 698. The van der Waals surface area contributed by atoms with E-state index in [1.165, 1.54) is 6.08 Å². The minimum Gasteiger partial charge on any atom is -0.458 e. The van der Waals surface area contributed by atoms with Crippen LogP contribution in [-0.4, -0.2) is 44.0 Å². The summed E-state index contributed by atoms with van der Waals surface area (Å²) in [5.74, 6) is 0.866. The number of carbonyl (C=O) groups excluding carboxylic acids is 1. The number of allylic oxidation sites excluding steroid dienone is 1. The third-order valence-corrected chi connectivity index (χ3v) is 4.27. The second-order valence-corrected chi connectivity index (χ2v) is 6.22. The largest absolute Gasteiger partial charge is 0.458 e. The Balaban J connectivity index is 1.75. The summed E-state index contributed by atoms with van der Waals surface area (Å²) in [5.41, 5.74) is 0.973. The van der Waals surface area contributed by atoms with Crippen LogP contribution in [0.25, 0.3) is 0 Å². The Kier molecular flexibility index (Phi) is 6.73. The number of aliphatic hydroxyl groups excluding tert-OH is 1. The summed E-state index contributed by atoms with van der Waals surface area (Å²) in [7, 11) is 0. The molecule has 0 saturated heterocycles. The maximum absolute atomic E-state index is 12.2. The van der Waals surface area contributed by atoms with Crippen LogP contribution in [-0.2, 0) is 19.0 Å². The SMILES string of the molecule is C=CCOC(=O)C1=C[C@H](c2ccc3c(c2)OCO3)C[C@H](OCCCCO)O1. The van der Waals surface area contributed by atoms with Gasteiger partial charge in [0.25, 0.3) is 0 Å². The molecule has 0 spiro atoms. The van der Waals surface area contributed by atoms with Crippen LogP contribution in [0.3, 0.4) is 0 Å². The van der Waals surface area contributed by atoms with Crippen LogP contribution in [0.1, 0.15) is 30.7 Å². The van der Waals surface area contributed by atoms with Gasteiger partial charge in [0.15, 0.2) is 11.5 Å². The van der Waals surface area contributed by atoms with Crippen molar-refractivity contribution < 1.29 is 33.6 Å². The number of hydrogen-bond acceptors (Lipinski definition) is 7. The van der Waals surface area contributed by atoms with E-state index >= 15 is 0 Å². The number of carbonyl (C=O) groups is 1. The zero-order valence-corrected chi connectivity index (χ0v) is 15.1. The van der Waals surface area contributed by atoms with E-state index in [0.717, 1.165) is 5.56 Å². The summed E-state index contributed by atoms with van der Waals surface area (Å²) < 4.78 is 27.3. The van der Waals surface area contributed by atoms with E-state index in [4.69, 9.17) is 28.8 Å². The van der Waals surface area contributed by atoms with Crippen LogP contribution in [0.15, 0.2) is 42.7 Å². The van der Waals surface area contributed by atoms with E-state index in [1.54, 1.807) is 6.08 Å². The molecule has 3 rings (SSSR count). The van der Waals surface area contributed by atoms with Gasteiger partial charge in [0, 0.05) is 18.9 Å². The fraction of sp³-hybridized carbons (Fsp3) is 0.450. The van der Waals surface area contributed by atoms with Crippen LogP contribution in [0.5, 0.6) is 11.5 Å². The second-order valence-electron chi connectivity index (χ2n) is 6.22. The standard InChI is InChI=1S/C20H24O7/c1-2-8-24-20(22)18-11-15(12-19(27-18)23-9-4-3-7-21)14-5-6-16-17(10-14)26-13-25-16/h2,5-6,10-11,15,19,21H,1,3-4,7-9,12-13H2/t15-,19+/m0/s1. The van der Waals surface area contributed by atoms with Gasteiger partial charge in [-0.2, -0.15) is 0 Å². The molecule has 0 unspecified atom stereocenters. The Labute approximate surface area is 158 Å². The lowest BCUT2D eigenvalue weighted by molar-refractivity contribution is -0.160. The molecule has 27 heavy (non-hydrogen) atoms. The first kappa shape index (κ1) is 19.3. The fourth-order valence-corrected chi connectivity index (χ4v) is 2.92. The van der Waals surface area contributed by atoms with Gasteiger partial charge in [0.2, 0.25) is 18.8 Å². The van der Waals surface area contributed by atoms with Crippen LogP contribution in [0.2, 0.25) is 0 Å². The number of ether oxygens (including phenoxy) is 5. The molecule has 2 aliphatic heterocycles. The number of fused-ring (bicyclic) bond motifs is 1. The van der Waals surface area contributed by atoms with Gasteiger partial charge in [-0.3, -0.25) is 0 Å². The first-order valence-corrected chi connectivity index (χ1v) is 8.99. The highest BCUT2D eigenvalue weighted by molar-refractivity contribution is 5.86. The highest BCUT2D eigenvalue weighted by Crippen LogP contribution is 2.38. The second kappa shape index (κ2) is 9.43. The fourth-order valence-electron chi connectivity index (χ4n) is 2.92. The van der Waals surface area contributed by atoms with Crippen molar-refractivity contribution in [3.8, 4) is 11.5 Å². The summed E-state index contributed by atoms with van der Waals surface area (Å²) in [6.45, 7) is 4.41. The van der Waals surface area contributed by atoms with Gasteiger partial charge in [-0.1, -0.05) is 18.7 Å². The van der Waals surface area contributed by atoms with Crippen molar-refractivity contribution in [1.29, 1.82) is 0 Å². The molecule has 2 heterocycles. The maximum Gasteiger partial charge on any atom is 0.373 e. The number of rotatable bonds is 9. The lowest BCUT2D eigenvalue weighted by Crippen LogP contribution is -2.28. The van der Waals surface area contributed by atoms with Gasteiger partial charge in [-0.05, 0) is 36.6 Å². The predicted octanol–water partition coefficient (Wildman–Crippen LogP) is 2.65. The van der Waals surface area contributed by atoms with Gasteiger partial charge in [0.05, 0.1) is 6.61 Å². The van der Waals surface area contributed by atoms with Crippen molar-refractivity contribution in [2.45, 2.75) is 31.5 Å². The van der Waals surface area contributed by atoms with Gasteiger partial charge in [-0.25, -0.2) is 4.79 Å². The molecule has 0 bridgehead atoms. The molecule has 2 aliphatic rings. The Morgan fingerprint density at radius 3 is 2.96 bits per heavy atom. The summed E-state index contributed by atoms with van der Waals surface area (Å²) in [6, 6.07) is 5.70. The van der Waals surface area contributed by atoms with E-state index in [0.29, 0.717) is 37.4 Å². The van der Waals surface area contributed by atoms with Gasteiger partial charge in [0.1, 0.15) is 6.61 Å². The zero-order chi connectivity index (χ0) is 19.1. The van der Waals surface area contributed by atoms with Crippen molar-refractivity contribution in [3.05, 3.63) is 48.3 Å². The first-order valence-electron chi connectivity index (χ1n) is 8.99. The van der Waals surface area contributed by atoms with E-state index in [9.17, 15) is 4.79 Å². The minimum atomic E-state index is -0.574. The molecule has 0 amide bonds. The Morgan fingerprint density at radius 2 is 2.15 bits per heavy atom. The summed E-state index contributed by atoms with van der Waals surface area (Å²) in [4.78, 5) is 12.2. The molecule has 146 valence electrons. The molecule has 1 aromatic rings. The van der Waals surface area contributed by atoms with Gasteiger partial charge < -0.3 is 28.8 Å². The molecule has 0 radical (unpaired) electrons. The molecule has 1 aromatic carbocycles. The van der Waals surface area contributed by atoms with E-state index < -0.39 is 12.3 Å². The molecular formula is C20H24O7. The number of unbranched alkanes of at least 4 members (excludes halogenated alkanes) is 1. The van der Waals surface area contributed by atoms with Crippen molar-refractivity contribution in [3.63, 3.8) is 0 Å². The number of aliphatic hydroxyl groups is 1. The topological polar surface area (TPSA) is 83.5 Å². The summed E-state index contributed by atoms with van der Waals surface area (Å²) in [6.07, 6.45) is 4.59. The van der Waals surface area contributed by atoms with Crippen molar-refractivity contribution >= 4 is 5.97 Å². The lowest BCUT2D eigenvalue weighted by atomic mass is 9.92. The third kappa shape index (κ3) is 5.02. The van der Waals surface area contributed by atoms with Crippen molar-refractivity contribution in [1.82, 2.24) is 0 Å². The maximum atomic E-state index is 12.2. The van der Waals surface area contributed by atoms with Crippen LogP contribution < -0.4 is 9.47 Å². The molecule has 0 aromatic heterocycles. The van der Waals surface area contributed by atoms with E-state index in [2.05, 4.69) is 6.58 Å². The van der Waals surface area contributed by atoms with Crippen molar-refractivity contribution in [2.24, 2.45) is 0 Å². The molecule has 0 fully saturated rings. The normalized spacial score (nSPS) is 20.6. The number of esters is 1. The van der Waals surface area contributed by atoms with E-state index in [1.807, 2.05) is 18.2 Å². The summed E-state index contributed by atoms with van der Waals surface area (Å²) in [5, 5.41) is 8.88. The molecule has 7 heteroatoms. The lowest BCUT2D eigenvalue weighted by Gasteiger charge is -2.29. The molecule has 0 saturated carbocycles. The Hall–Kier alpha value is -2.51. The van der Waals surface area contributed by atoms with E-state index in [-0.39, 0.29) is 31.7 Å². The molecule has 0 aliphatic carbocycles. The Morgan fingerprint density at radius 1 is 1.30 bits per heavy atom. The summed E-state index contributed by atoms with van der Waals surface area (Å²) >= 11 is 0. The highest BCUT2D eigenvalue weighted by atomic mass is 16.7. The number of hydrogen-bond donors (Lipinski definition) is 1. The molecule has 1 N–H and O–H groups in total. The molecule has 7 nitrogen and oxygen atoms in total. The zero-order valence-electron chi connectivity index (χ0n) is 15.1. The smallest absolute Gasteiger partial charge is 0.373 e. The first-order chi connectivity index (χ1) is 13.2. The van der Waals surface area contributed by atoms with Crippen LogP contribution >= 0.6 is 0 Å². The van der Waals surface area contributed by atoms with Crippen LogP contribution in [0.4, 0.5) is 0 Å². The highest BCUT2D eigenvalue weighted by Gasteiger charge is 2.30. The average molecular weight is 376 g/mol. The predicted molar refractivity (Wildman–Crippen MR) is 96.3 cm³/mol. The number of benzene rings is 1. The minimum absolute atomic E-state index is 0.0950. The molecule has 2 atom stereocenters.